The van der Waals surface area contributed by atoms with Gasteiger partial charge in [0.15, 0.2) is 5.16 Å². The summed E-state index contributed by atoms with van der Waals surface area (Å²) in [7, 11) is 0. The number of hydrogen-bond acceptors (Lipinski definition) is 7. The summed E-state index contributed by atoms with van der Waals surface area (Å²) in [5, 5.41) is 0.646. The van der Waals surface area contributed by atoms with Gasteiger partial charge in [0.2, 0.25) is 0 Å². The highest BCUT2D eigenvalue weighted by Gasteiger charge is 2.25. The second-order valence-corrected chi connectivity index (χ2v) is 5.95. The molecule has 0 unspecified atom stereocenters. The summed E-state index contributed by atoms with van der Waals surface area (Å²) >= 11 is 1.46. The Bertz CT molecular complexity index is 517. The van der Waals surface area contributed by atoms with Crippen molar-refractivity contribution in [1.29, 1.82) is 0 Å². The maximum atomic E-state index is 12.4. The van der Waals surface area contributed by atoms with E-state index in [1.807, 2.05) is 6.26 Å². The van der Waals surface area contributed by atoms with E-state index < -0.39 is 0 Å². The zero-order valence-electron chi connectivity index (χ0n) is 13.3. The molecule has 122 valence electrons. The molecule has 0 saturated carbocycles. The first-order valence-corrected chi connectivity index (χ1v) is 9.00. The van der Waals surface area contributed by atoms with Crippen LogP contribution in [0.15, 0.2) is 5.16 Å². The van der Waals surface area contributed by atoms with E-state index >= 15 is 0 Å². The molecule has 22 heavy (non-hydrogen) atoms. The monoisotopic (exact) mass is 324 g/mol. The van der Waals surface area contributed by atoms with Gasteiger partial charge in [0, 0.05) is 19.6 Å². The molecule has 0 atom stereocenters. The number of carbonyl (C=O) groups is 1. The number of ether oxygens (including phenoxy) is 1. The predicted molar refractivity (Wildman–Crippen MR) is 88.3 cm³/mol. The van der Waals surface area contributed by atoms with E-state index in [1.165, 1.54) is 24.6 Å². The van der Waals surface area contributed by atoms with Gasteiger partial charge in [0.1, 0.15) is 11.4 Å². The number of rotatable bonds is 5. The number of hydrogen-bond donors (Lipinski definition) is 1. The van der Waals surface area contributed by atoms with Gasteiger partial charge in [-0.25, -0.2) is 14.8 Å². The molecule has 1 aliphatic heterocycles. The Morgan fingerprint density at radius 2 is 1.95 bits per heavy atom. The molecule has 0 spiro atoms. The maximum absolute atomic E-state index is 12.4. The highest BCUT2D eigenvalue weighted by Crippen LogP contribution is 2.27. The van der Waals surface area contributed by atoms with E-state index in [2.05, 4.69) is 14.9 Å². The summed E-state index contributed by atoms with van der Waals surface area (Å²) in [5.74, 6) is 0.301. The van der Waals surface area contributed by atoms with Gasteiger partial charge in [-0.2, -0.15) is 0 Å². The molecule has 7 heteroatoms. The normalized spacial score (nSPS) is 15.5. The summed E-state index contributed by atoms with van der Waals surface area (Å²) in [6.45, 7) is 4.13. The standard InChI is InChI=1S/C15H24N4O2S/c1-3-21-14(20)12-11(10-16)17-15(22-2)18-13(12)19-8-6-4-5-7-9-19/h3-10,16H2,1-2H3. The van der Waals surface area contributed by atoms with Crippen LogP contribution in [0, 0.1) is 0 Å². The van der Waals surface area contributed by atoms with Crippen molar-refractivity contribution >= 4 is 23.5 Å². The van der Waals surface area contributed by atoms with Crippen LogP contribution in [0.1, 0.15) is 48.7 Å². The van der Waals surface area contributed by atoms with Gasteiger partial charge < -0.3 is 15.4 Å². The number of thioether (sulfide) groups is 1. The molecule has 0 bridgehead atoms. The molecule has 1 saturated heterocycles. The van der Waals surface area contributed by atoms with Gasteiger partial charge in [-0.15, -0.1) is 0 Å². The van der Waals surface area contributed by atoms with Crippen molar-refractivity contribution in [2.24, 2.45) is 5.73 Å². The fourth-order valence-corrected chi connectivity index (χ4v) is 3.01. The maximum Gasteiger partial charge on any atom is 0.343 e. The Morgan fingerprint density at radius 1 is 1.27 bits per heavy atom. The van der Waals surface area contributed by atoms with Gasteiger partial charge in [-0.05, 0) is 26.0 Å². The van der Waals surface area contributed by atoms with E-state index in [0.29, 0.717) is 28.8 Å². The van der Waals surface area contributed by atoms with Crippen LogP contribution in [-0.4, -0.2) is 41.9 Å². The van der Waals surface area contributed by atoms with Gasteiger partial charge in [-0.3, -0.25) is 0 Å². The molecule has 2 N–H and O–H groups in total. The lowest BCUT2D eigenvalue weighted by molar-refractivity contribution is 0.0524. The molecule has 2 heterocycles. The molecular weight excluding hydrogens is 300 g/mol. The second kappa shape index (κ2) is 8.33. The Hall–Kier alpha value is -1.34. The summed E-state index contributed by atoms with van der Waals surface area (Å²) < 4.78 is 5.20. The molecule has 0 radical (unpaired) electrons. The fourth-order valence-electron chi connectivity index (χ4n) is 2.63. The fraction of sp³-hybridized carbons (Fsp3) is 0.667. The van der Waals surface area contributed by atoms with Crippen molar-refractivity contribution in [1.82, 2.24) is 9.97 Å². The van der Waals surface area contributed by atoms with Gasteiger partial charge in [0.05, 0.1) is 12.3 Å². The Labute approximate surface area is 135 Å². The van der Waals surface area contributed by atoms with Crippen molar-refractivity contribution < 1.29 is 9.53 Å². The summed E-state index contributed by atoms with van der Waals surface area (Å²) in [6.07, 6.45) is 6.58. The quantitative estimate of drug-likeness (QED) is 0.505. The first kappa shape index (κ1) is 17.0. The van der Waals surface area contributed by atoms with Crippen LogP contribution < -0.4 is 10.6 Å². The van der Waals surface area contributed by atoms with Crippen LogP contribution >= 0.6 is 11.8 Å². The van der Waals surface area contributed by atoms with E-state index in [9.17, 15) is 4.79 Å². The second-order valence-electron chi connectivity index (χ2n) is 5.18. The number of aromatic nitrogens is 2. The smallest absolute Gasteiger partial charge is 0.343 e. The Balaban J connectivity index is 2.48. The third kappa shape index (κ3) is 3.89. The average Bonchev–Trinajstić information content (AvgIpc) is 2.82. The zero-order valence-corrected chi connectivity index (χ0v) is 14.1. The van der Waals surface area contributed by atoms with Crippen LogP contribution in [0.3, 0.4) is 0 Å². The van der Waals surface area contributed by atoms with E-state index in [0.717, 1.165) is 25.9 Å². The number of anilines is 1. The largest absolute Gasteiger partial charge is 0.462 e. The van der Waals surface area contributed by atoms with Crippen LogP contribution in [-0.2, 0) is 11.3 Å². The molecule has 1 aromatic heterocycles. The first-order chi connectivity index (χ1) is 10.7. The molecule has 1 aromatic rings. The highest BCUT2D eigenvalue weighted by molar-refractivity contribution is 7.98. The predicted octanol–water partition coefficient (Wildman–Crippen LogP) is 2.21. The topological polar surface area (TPSA) is 81.3 Å². The third-order valence-corrected chi connectivity index (χ3v) is 4.25. The van der Waals surface area contributed by atoms with Crippen LogP contribution in [0.2, 0.25) is 0 Å². The van der Waals surface area contributed by atoms with E-state index in [4.69, 9.17) is 10.5 Å². The molecule has 1 aliphatic rings. The van der Waals surface area contributed by atoms with Crippen LogP contribution in [0.5, 0.6) is 0 Å². The van der Waals surface area contributed by atoms with Gasteiger partial charge >= 0.3 is 5.97 Å². The molecule has 2 rings (SSSR count). The SMILES string of the molecule is CCOC(=O)c1c(CN)nc(SC)nc1N1CCCCCC1. The number of esters is 1. The van der Waals surface area contributed by atoms with Crippen molar-refractivity contribution in [3.63, 3.8) is 0 Å². The number of nitrogens with zero attached hydrogens (tertiary/aromatic N) is 3. The third-order valence-electron chi connectivity index (χ3n) is 3.71. The van der Waals surface area contributed by atoms with Crippen LogP contribution in [0.4, 0.5) is 5.82 Å². The molecule has 1 fully saturated rings. The van der Waals surface area contributed by atoms with Crippen LogP contribution in [0.25, 0.3) is 0 Å². The van der Waals surface area contributed by atoms with E-state index in [-0.39, 0.29) is 12.5 Å². The molecule has 0 amide bonds. The molecular formula is C15H24N4O2S. The molecule has 0 aromatic carbocycles. The zero-order chi connectivity index (χ0) is 15.9. The van der Waals surface area contributed by atoms with Gasteiger partial charge in [-0.1, -0.05) is 24.6 Å². The average molecular weight is 324 g/mol. The Morgan fingerprint density at radius 3 is 2.50 bits per heavy atom. The Kier molecular flexibility index (Phi) is 6.45. The number of nitrogens with two attached hydrogens (primary N) is 1. The van der Waals surface area contributed by atoms with E-state index in [1.54, 1.807) is 6.92 Å². The van der Waals surface area contributed by atoms with Crippen molar-refractivity contribution in [2.75, 3.05) is 30.9 Å². The minimum absolute atomic E-state index is 0.199. The minimum atomic E-state index is -0.380. The highest BCUT2D eigenvalue weighted by atomic mass is 32.2. The minimum Gasteiger partial charge on any atom is -0.462 e. The lowest BCUT2D eigenvalue weighted by Gasteiger charge is -2.25. The number of carbonyl (C=O) groups excluding carboxylic acids is 1. The van der Waals surface area contributed by atoms with Gasteiger partial charge in [0.25, 0.3) is 0 Å². The van der Waals surface area contributed by atoms with Crippen molar-refractivity contribution in [3.8, 4) is 0 Å². The molecule has 6 nitrogen and oxygen atoms in total. The molecule has 0 aliphatic carbocycles. The lowest BCUT2D eigenvalue weighted by atomic mass is 10.2. The van der Waals surface area contributed by atoms with Crippen molar-refractivity contribution in [2.45, 2.75) is 44.3 Å². The summed E-state index contributed by atoms with van der Waals surface area (Å²) in [5.41, 5.74) is 6.81. The van der Waals surface area contributed by atoms with Crippen molar-refractivity contribution in [3.05, 3.63) is 11.3 Å². The first-order valence-electron chi connectivity index (χ1n) is 7.78. The lowest BCUT2D eigenvalue weighted by Crippen LogP contribution is -2.29. The summed E-state index contributed by atoms with van der Waals surface area (Å²) in [4.78, 5) is 23.5. The summed E-state index contributed by atoms with van der Waals surface area (Å²) in [6, 6.07) is 0.